The molecule has 7 heteroatoms. The first-order valence-electron chi connectivity index (χ1n) is 10.4. The van der Waals surface area contributed by atoms with Crippen molar-refractivity contribution in [2.75, 3.05) is 6.54 Å². The number of nitrogens with zero attached hydrogens (tertiary/aromatic N) is 1. The van der Waals surface area contributed by atoms with E-state index in [0.29, 0.717) is 12.0 Å². The predicted molar refractivity (Wildman–Crippen MR) is 118 cm³/mol. The SMILES string of the molecule is CCc1cccc2c(C(=O)CN3C(=O)NC(Cc4c[nH]c5ccccc45)C3=O)c[nH]c12. The third-order valence-corrected chi connectivity index (χ3v) is 5.99. The van der Waals surface area contributed by atoms with Crippen molar-refractivity contribution < 1.29 is 14.4 Å². The van der Waals surface area contributed by atoms with E-state index in [4.69, 9.17) is 0 Å². The molecule has 1 saturated heterocycles. The Hall–Kier alpha value is -3.87. The number of carbonyl (C=O) groups excluding carboxylic acids is 3. The standard InChI is InChI=1S/C24H22N4O3/c1-2-14-6-5-8-17-18(12-26-22(14)17)21(29)13-28-23(30)20(27-24(28)31)10-15-11-25-19-9-4-3-7-16(15)19/h3-9,11-12,20,25-26H,2,10,13H2,1H3,(H,27,31). The van der Waals surface area contributed by atoms with Crippen molar-refractivity contribution in [3.05, 3.63) is 71.5 Å². The summed E-state index contributed by atoms with van der Waals surface area (Å²) in [5.74, 6) is -0.645. The van der Waals surface area contributed by atoms with Crippen molar-refractivity contribution in [1.29, 1.82) is 0 Å². The van der Waals surface area contributed by atoms with E-state index in [1.807, 2.05) is 48.7 Å². The molecule has 0 radical (unpaired) electrons. The quantitative estimate of drug-likeness (QED) is 0.332. The molecular weight excluding hydrogens is 392 g/mol. The Morgan fingerprint density at radius 3 is 2.61 bits per heavy atom. The first-order valence-corrected chi connectivity index (χ1v) is 10.4. The molecule has 3 heterocycles. The Morgan fingerprint density at radius 1 is 0.968 bits per heavy atom. The number of Topliss-reactive ketones (excluding diaryl/α,β-unsaturated/α-hetero) is 1. The number of H-pyrrole nitrogens is 2. The van der Waals surface area contributed by atoms with E-state index in [1.165, 1.54) is 0 Å². The van der Waals surface area contributed by atoms with Gasteiger partial charge in [0.05, 0.1) is 6.54 Å². The lowest BCUT2D eigenvalue weighted by Crippen LogP contribution is -2.36. The van der Waals surface area contributed by atoms with E-state index in [-0.39, 0.29) is 18.2 Å². The molecule has 3 amide bonds. The minimum Gasteiger partial charge on any atom is -0.361 e. The third kappa shape index (κ3) is 3.18. The van der Waals surface area contributed by atoms with Crippen LogP contribution in [-0.2, 0) is 17.6 Å². The van der Waals surface area contributed by atoms with Gasteiger partial charge in [0.25, 0.3) is 5.91 Å². The maximum absolute atomic E-state index is 13.0. The van der Waals surface area contributed by atoms with Crippen LogP contribution in [0, 0.1) is 0 Å². The lowest BCUT2D eigenvalue weighted by Gasteiger charge is -2.12. The molecular formula is C24H22N4O3. The summed E-state index contributed by atoms with van der Waals surface area (Å²) in [6, 6.07) is 12.4. The number of aryl methyl sites for hydroxylation is 1. The first-order chi connectivity index (χ1) is 15.1. The maximum Gasteiger partial charge on any atom is 0.325 e. The van der Waals surface area contributed by atoms with Crippen molar-refractivity contribution in [3.8, 4) is 0 Å². The van der Waals surface area contributed by atoms with Crippen LogP contribution < -0.4 is 5.32 Å². The van der Waals surface area contributed by atoms with Crippen molar-refractivity contribution in [2.45, 2.75) is 25.8 Å². The number of aromatic amines is 2. The number of amides is 3. The zero-order valence-electron chi connectivity index (χ0n) is 17.1. The Morgan fingerprint density at radius 2 is 1.77 bits per heavy atom. The summed E-state index contributed by atoms with van der Waals surface area (Å²) in [6.45, 7) is 1.77. The van der Waals surface area contributed by atoms with Crippen LogP contribution in [-0.4, -0.2) is 45.2 Å². The van der Waals surface area contributed by atoms with E-state index in [1.54, 1.807) is 6.20 Å². The second-order valence-corrected chi connectivity index (χ2v) is 7.81. The van der Waals surface area contributed by atoms with E-state index in [0.717, 1.165) is 44.3 Å². The number of nitrogens with one attached hydrogen (secondary N) is 3. The van der Waals surface area contributed by atoms with Crippen molar-refractivity contribution in [3.63, 3.8) is 0 Å². The lowest BCUT2D eigenvalue weighted by molar-refractivity contribution is -0.127. The normalized spacial score (nSPS) is 16.4. The second kappa shape index (κ2) is 7.43. The summed E-state index contributed by atoms with van der Waals surface area (Å²) in [6.07, 6.45) is 4.73. The molecule has 1 atom stereocenters. The van der Waals surface area contributed by atoms with Gasteiger partial charge in [-0.25, -0.2) is 4.79 Å². The van der Waals surface area contributed by atoms with Crippen molar-refractivity contribution in [2.24, 2.45) is 0 Å². The minimum absolute atomic E-state index is 0.268. The Balaban J connectivity index is 1.35. The summed E-state index contributed by atoms with van der Waals surface area (Å²) in [4.78, 5) is 45.7. The monoisotopic (exact) mass is 414 g/mol. The Kier molecular flexibility index (Phi) is 4.58. The molecule has 1 aliphatic heterocycles. The fraction of sp³-hybridized carbons (Fsp3) is 0.208. The highest BCUT2D eigenvalue weighted by Gasteiger charge is 2.39. The number of fused-ring (bicyclic) bond motifs is 2. The summed E-state index contributed by atoms with van der Waals surface area (Å²) in [5, 5.41) is 4.56. The molecule has 0 aliphatic carbocycles. The number of carbonyl (C=O) groups is 3. The Bertz CT molecular complexity index is 1330. The highest BCUT2D eigenvalue weighted by atomic mass is 16.2. The number of aromatic nitrogens is 2. The average molecular weight is 414 g/mol. The van der Waals surface area contributed by atoms with Gasteiger partial charge in [-0.1, -0.05) is 43.3 Å². The van der Waals surface area contributed by atoms with Crippen LogP contribution in [0.15, 0.2) is 54.9 Å². The minimum atomic E-state index is -0.686. The van der Waals surface area contributed by atoms with Crippen LogP contribution in [0.1, 0.15) is 28.4 Å². The lowest BCUT2D eigenvalue weighted by atomic mass is 10.0. The number of rotatable bonds is 6. The third-order valence-electron chi connectivity index (χ3n) is 5.99. The fourth-order valence-corrected chi connectivity index (χ4v) is 4.36. The van der Waals surface area contributed by atoms with E-state index in [9.17, 15) is 14.4 Å². The van der Waals surface area contributed by atoms with Gasteiger partial charge in [0, 0.05) is 46.2 Å². The molecule has 2 aromatic heterocycles. The smallest absolute Gasteiger partial charge is 0.325 e. The van der Waals surface area contributed by atoms with Gasteiger partial charge in [-0.05, 0) is 23.6 Å². The molecule has 5 rings (SSSR count). The number of imide groups is 1. The van der Waals surface area contributed by atoms with Crippen LogP contribution in [0.4, 0.5) is 4.79 Å². The number of hydrogen-bond acceptors (Lipinski definition) is 3. The molecule has 2 aromatic carbocycles. The van der Waals surface area contributed by atoms with Gasteiger partial charge in [0.1, 0.15) is 6.04 Å². The van der Waals surface area contributed by atoms with Crippen molar-refractivity contribution in [1.82, 2.24) is 20.2 Å². The second-order valence-electron chi connectivity index (χ2n) is 7.81. The van der Waals surface area contributed by atoms with Gasteiger partial charge in [-0.15, -0.1) is 0 Å². The van der Waals surface area contributed by atoms with Crippen LogP contribution in [0.25, 0.3) is 21.8 Å². The largest absolute Gasteiger partial charge is 0.361 e. The molecule has 31 heavy (non-hydrogen) atoms. The number of urea groups is 1. The first kappa shape index (κ1) is 19.1. The predicted octanol–water partition coefficient (Wildman–Crippen LogP) is 3.56. The van der Waals surface area contributed by atoms with Crippen LogP contribution >= 0.6 is 0 Å². The number of hydrogen-bond donors (Lipinski definition) is 3. The van der Waals surface area contributed by atoms with Crippen LogP contribution in [0.2, 0.25) is 0 Å². The van der Waals surface area contributed by atoms with Crippen LogP contribution in [0.3, 0.4) is 0 Å². The number of benzene rings is 2. The zero-order chi connectivity index (χ0) is 21.5. The fourth-order valence-electron chi connectivity index (χ4n) is 4.36. The molecule has 4 aromatic rings. The molecule has 7 nitrogen and oxygen atoms in total. The highest BCUT2D eigenvalue weighted by Crippen LogP contribution is 2.24. The highest BCUT2D eigenvalue weighted by molar-refractivity contribution is 6.13. The van der Waals surface area contributed by atoms with Gasteiger partial charge in [-0.2, -0.15) is 0 Å². The molecule has 0 saturated carbocycles. The van der Waals surface area contributed by atoms with Gasteiger partial charge >= 0.3 is 6.03 Å². The summed E-state index contributed by atoms with van der Waals surface area (Å²) in [5.41, 5.74) is 4.46. The average Bonchev–Trinajstić information content (AvgIpc) is 3.46. The summed E-state index contributed by atoms with van der Waals surface area (Å²) < 4.78 is 0. The molecule has 1 fully saturated rings. The van der Waals surface area contributed by atoms with Crippen molar-refractivity contribution >= 4 is 39.5 Å². The van der Waals surface area contributed by atoms with Gasteiger partial charge < -0.3 is 15.3 Å². The summed E-state index contributed by atoms with van der Waals surface area (Å²) >= 11 is 0. The van der Waals surface area contributed by atoms with Gasteiger partial charge in [0.15, 0.2) is 5.78 Å². The maximum atomic E-state index is 13.0. The molecule has 156 valence electrons. The van der Waals surface area contributed by atoms with E-state index in [2.05, 4.69) is 22.2 Å². The zero-order valence-corrected chi connectivity index (χ0v) is 17.1. The molecule has 0 bridgehead atoms. The van der Waals surface area contributed by atoms with E-state index >= 15 is 0 Å². The number of ketones is 1. The summed E-state index contributed by atoms with van der Waals surface area (Å²) in [7, 11) is 0. The van der Waals surface area contributed by atoms with Crippen LogP contribution in [0.5, 0.6) is 0 Å². The molecule has 0 spiro atoms. The number of para-hydroxylation sites is 2. The van der Waals surface area contributed by atoms with E-state index < -0.39 is 12.1 Å². The van der Waals surface area contributed by atoms with Gasteiger partial charge in [-0.3, -0.25) is 14.5 Å². The molecule has 1 aliphatic rings. The Labute approximate surface area is 178 Å². The molecule has 3 N–H and O–H groups in total. The van der Waals surface area contributed by atoms with Gasteiger partial charge in [0.2, 0.25) is 0 Å². The topological polar surface area (TPSA) is 98.1 Å². The molecule has 1 unspecified atom stereocenters.